The maximum Gasteiger partial charge on any atom is 0.251 e. The number of hydrogen-bond donors (Lipinski definition) is 2. The molecule has 25 heavy (non-hydrogen) atoms. The van der Waals surface area contributed by atoms with E-state index in [-0.39, 0.29) is 18.2 Å². The van der Waals surface area contributed by atoms with E-state index < -0.39 is 0 Å². The summed E-state index contributed by atoms with van der Waals surface area (Å²) >= 11 is 3.34. The van der Waals surface area contributed by atoms with Gasteiger partial charge in [0.05, 0.1) is 0 Å². The molecule has 0 aliphatic heterocycles. The fraction of sp³-hybridized carbons (Fsp3) is 0.300. The summed E-state index contributed by atoms with van der Waals surface area (Å²) in [5.41, 5.74) is 3.75. The molecule has 0 bridgehead atoms. The van der Waals surface area contributed by atoms with E-state index in [0.717, 1.165) is 34.1 Å². The van der Waals surface area contributed by atoms with Crippen molar-refractivity contribution < 1.29 is 9.59 Å². The van der Waals surface area contributed by atoms with Gasteiger partial charge in [0.1, 0.15) is 0 Å². The van der Waals surface area contributed by atoms with Gasteiger partial charge in [0.2, 0.25) is 5.91 Å². The van der Waals surface area contributed by atoms with Gasteiger partial charge < -0.3 is 10.6 Å². The first-order chi connectivity index (χ1) is 12.0. The Morgan fingerprint density at radius 1 is 0.960 bits per heavy atom. The number of benzene rings is 2. The number of hydrogen-bond acceptors (Lipinski definition) is 2. The van der Waals surface area contributed by atoms with Crippen LogP contribution in [0.2, 0.25) is 0 Å². The van der Waals surface area contributed by atoms with Crippen LogP contribution in [0.5, 0.6) is 0 Å². The van der Waals surface area contributed by atoms with Crippen molar-refractivity contribution in [3.8, 4) is 0 Å². The van der Waals surface area contributed by atoms with E-state index in [2.05, 4.69) is 40.4 Å². The molecular weight excluding hydrogens is 380 g/mol. The first-order valence-corrected chi connectivity index (χ1v) is 9.28. The molecular formula is C20H23BrN2O2. The average Bonchev–Trinajstić information content (AvgIpc) is 2.62. The fourth-order valence-electron chi connectivity index (χ4n) is 2.60. The average molecular weight is 403 g/mol. The second-order valence-corrected chi connectivity index (χ2v) is 6.64. The van der Waals surface area contributed by atoms with E-state index in [1.807, 2.05) is 30.3 Å². The molecule has 132 valence electrons. The highest BCUT2D eigenvalue weighted by Crippen LogP contribution is 2.22. The molecule has 0 atom stereocenters. The molecule has 2 N–H and O–H groups in total. The van der Waals surface area contributed by atoms with E-state index in [0.29, 0.717) is 12.1 Å². The van der Waals surface area contributed by atoms with Crippen molar-refractivity contribution in [1.82, 2.24) is 5.32 Å². The summed E-state index contributed by atoms with van der Waals surface area (Å²) in [5, 5.41) is 5.78. The minimum Gasteiger partial charge on any atom is -0.352 e. The summed E-state index contributed by atoms with van der Waals surface area (Å²) in [7, 11) is 0. The molecule has 2 aromatic rings. The molecule has 4 nitrogen and oxygen atoms in total. The first-order valence-electron chi connectivity index (χ1n) is 8.49. The van der Waals surface area contributed by atoms with Crippen molar-refractivity contribution >= 4 is 33.4 Å². The highest BCUT2D eigenvalue weighted by Gasteiger charge is 2.11. The van der Waals surface area contributed by atoms with Crippen LogP contribution in [0.4, 0.5) is 5.69 Å². The van der Waals surface area contributed by atoms with Gasteiger partial charge in [-0.2, -0.15) is 0 Å². The Hall–Kier alpha value is -2.14. The van der Waals surface area contributed by atoms with E-state index in [9.17, 15) is 9.59 Å². The van der Waals surface area contributed by atoms with Crippen LogP contribution in [0.15, 0.2) is 46.9 Å². The fourth-order valence-corrected chi connectivity index (χ4v) is 2.86. The van der Waals surface area contributed by atoms with Crippen molar-refractivity contribution in [2.45, 2.75) is 33.1 Å². The highest BCUT2D eigenvalue weighted by atomic mass is 79.9. The molecule has 0 aromatic heterocycles. The van der Waals surface area contributed by atoms with Gasteiger partial charge in [-0.15, -0.1) is 0 Å². The second-order valence-electron chi connectivity index (χ2n) is 5.72. The Morgan fingerprint density at radius 2 is 1.56 bits per heavy atom. The lowest BCUT2D eigenvalue weighted by atomic mass is 10.0. The van der Waals surface area contributed by atoms with Crippen LogP contribution in [-0.4, -0.2) is 18.4 Å². The predicted molar refractivity (Wildman–Crippen MR) is 105 cm³/mol. The molecule has 0 spiro atoms. The minimum atomic E-state index is -0.177. The van der Waals surface area contributed by atoms with E-state index >= 15 is 0 Å². The summed E-state index contributed by atoms with van der Waals surface area (Å²) in [4.78, 5) is 24.3. The van der Waals surface area contributed by atoms with Crippen LogP contribution in [0.1, 0.15) is 41.8 Å². The third-order valence-electron chi connectivity index (χ3n) is 4.01. The first kappa shape index (κ1) is 19.2. The molecule has 0 fully saturated rings. The summed E-state index contributed by atoms with van der Waals surface area (Å²) in [6, 6.07) is 13.2. The van der Waals surface area contributed by atoms with E-state index in [1.54, 1.807) is 12.1 Å². The molecule has 0 heterocycles. The number of halogens is 1. The zero-order chi connectivity index (χ0) is 18.2. The smallest absolute Gasteiger partial charge is 0.251 e. The van der Waals surface area contributed by atoms with Gasteiger partial charge in [0, 0.05) is 28.7 Å². The van der Waals surface area contributed by atoms with Gasteiger partial charge in [-0.25, -0.2) is 0 Å². The van der Waals surface area contributed by atoms with Crippen LogP contribution in [0, 0.1) is 0 Å². The molecule has 0 saturated carbocycles. The number of rotatable bonds is 7. The molecule has 5 heteroatoms. The number of nitrogens with one attached hydrogen (secondary N) is 2. The molecule has 2 amide bonds. The van der Waals surface area contributed by atoms with Crippen molar-refractivity contribution in [2.24, 2.45) is 0 Å². The van der Waals surface area contributed by atoms with Gasteiger partial charge in [0.25, 0.3) is 5.91 Å². The molecule has 0 saturated heterocycles. The van der Waals surface area contributed by atoms with E-state index in [4.69, 9.17) is 0 Å². The highest BCUT2D eigenvalue weighted by molar-refractivity contribution is 9.10. The summed E-state index contributed by atoms with van der Waals surface area (Å²) in [6.07, 6.45) is 1.97. The number of carbonyl (C=O) groups is 2. The van der Waals surface area contributed by atoms with Crippen LogP contribution >= 0.6 is 15.9 Å². The minimum absolute atomic E-state index is 0.0910. The Labute approximate surface area is 157 Å². The van der Waals surface area contributed by atoms with Gasteiger partial charge in [0.15, 0.2) is 0 Å². The number of para-hydroxylation sites is 1. The number of anilines is 1. The van der Waals surface area contributed by atoms with Crippen molar-refractivity contribution in [3.05, 3.63) is 63.6 Å². The van der Waals surface area contributed by atoms with Gasteiger partial charge in [-0.1, -0.05) is 48.0 Å². The van der Waals surface area contributed by atoms with Crippen LogP contribution in [0.3, 0.4) is 0 Å². The predicted octanol–water partition coefficient (Wildman–Crippen LogP) is 4.33. The van der Waals surface area contributed by atoms with Crippen LogP contribution in [0.25, 0.3) is 0 Å². The second kappa shape index (κ2) is 9.37. The standard InChI is InChI=1S/C20H23BrN2O2/c1-3-14-6-5-7-15(4-2)19(14)23-18(24)12-13-22-20(25)16-8-10-17(21)11-9-16/h5-11H,3-4,12-13H2,1-2H3,(H,22,25)(H,23,24). The lowest BCUT2D eigenvalue weighted by Crippen LogP contribution is -2.27. The number of carbonyl (C=O) groups excluding carboxylic acids is 2. The Morgan fingerprint density at radius 3 is 2.12 bits per heavy atom. The third kappa shape index (κ3) is 5.43. The van der Waals surface area contributed by atoms with Gasteiger partial charge in [-0.05, 0) is 48.2 Å². The largest absolute Gasteiger partial charge is 0.352 e. The summed E-state index contributed by atoms with van der Waals surface area (Å²) < 4.78 is 0.921. The van der Waals surface area contributed by atoms with Gasteiger partial charge in [-0.3, -0.25) is 9.59 Å². The maximum absolute atomic E-state index is 12.2. The molecule has 2 aromatic carbocycles. The normalized spacial score (nSPS) is 10.4. The Bertz CT molecular complexity index is 720. The lowest BCUT2D eigenvalue weighted by Gasteiger charge is -2.14. The Balaban J connectivity index is 1.89. The quantitative estimate of drug-likeness (QED) is 0.723. The zero-order valence-corrected chi connectivity index (χ0v) is 16.2. The lowest BCUT2D eigenvalue weighted by molar-refractivity contribution is -0.116. The molecule has 0 unspecified atom stereocenters. The Kier molecular flexibility index (Phi) is 7.19. The molecule has 0 aliphatic carbocycles. The van der Waals surface area contributed by atoms with Gasteiger partial charge >= 0.3 is 0 Å². The topological polar surface area (TPSA) is 58.2 Å². The number of aryl methyl sites for hydroxylation is 2. The molecule has 2 rings (SSSR count). The van der Waals surface area contributed by atoms with Crippen LogP contribution in [-0.2, 0) is 17.6 Å². The maximum atomic E-state index is 12.2. The monoisotopic (exact) mass is 402 g/mol. The molecule has 0 aliphatic rings. The van der Waals surface area contributed by atoms with E-state index in [1.165, 1.54) is 0 Å². The summed E-state index contributed by atoms with van der Waals surface area (Å²) in [5.74, 6) is -0.268. The van der Waals surface area contributed by atoms with Crippen LogP contribution < -0.4 is 10.6 Å². The summed E-state index contributed by atoms with van der Waals surface area (Å²) in [6.45, 7) is 4.45. The van der Waals surface area contributed by atoms with Crippen molar-refractivity contribution in [1.29, 1.82) is 0 Å². The zero-order valence-electron chi connectivity index (χ0n) is 14.6. The third-order valence-corrected chi connectivity index (χ3v) is 4.54. The number of amides is 2. The molecule has 0 radical (unpaired) electrons. The van der Waals surface area contributed by atoms with Crippen molar-refractivity contribution in [3.63, 3.8) is 0 Å². The SMILES string of the molecule is CCc1cccc(CC)c1NC(=O)CCNC(=O)c1ccc(Br)cc1. The van der Waals surface area contributed by atoms with Crippen molar-refractivity contribution in [2.75, 3.05) is 11.9 Å².